The summed E-state index contributed by atoms with van der Waals surface area (Å²) in [7, 11) is 0. The number of benzene rings is 1. The van der Waals surface area contributed by atoms with Gasteiger partial charge in [0.25, 0.3) is 5.91 Å². The fraction of sp³-hybridized carbons (Fsp3) is 0.400. The SMILES string of the molecule is Cc1cc(C)c2c(c1F)CN(C1CCC(=O)NC1=O)C2=O. The second kappa shape index (κ2) is 4.65. The fourth-order valence-corrected chi connectivity index (χ4v) is 3.11. The van der Waals surface area contributed by atoms with Crippen molar-refractivity contribution in [2.45, 2.75) is 39.3 Å². The predicted octanol–water partition coefficient (Wildman–Crippen LogP) is 1.20. The highest BCUT2D eigenvalue weighted by Crippen LogP contribution is 2.32. The molecule has 110 valence electrons. The zero-order chi connectivity index (χ0) is 15.3. The molecule has 2 aliphatic rings. The topological polar surface area (TPSA) is 66.5 Å². The molecule has 1 N–H and O–H groups in total. The highest BCUT2D eigenvalue weighted by molar-refractivity contribution is 6.06. The molecule has 0 bridgehead atoms. The van der Waals surface area contributed by atoms with E-state index in [1.165, 1.54) is 4.90 Å². The Morgan fingerprint density at radius 2 is 1.95 bits per heavy atom. The van der Waals surface area contributed by atoms with E-state index in [1.807, 2.05) is 0 Å². The highest BCUT2D eigenvalue weighted by atomic mass is 19.1. The molecule has 0 saturated carbocycles. The third-order valence-electron chi connectivity index (χ3n) is 4.13. The van der Waals surface area contributed by atoms with Gasteiger partial charge in [-0.3, -0.25) is 19.7 Å². The van der Waals surface area contributed by atoms with Crippen LogP contribution in [-0.4, -0.2) is 28.7 Å². The van der Waals surface area contributed by atoms with Crippen molar-refractivity contribution in [2.75, 3.05) is 0 Å². The number of imide groups is 1. The molecule has 3 rings (SSSR count). The van der Waals surface area contributed by atoms with Crippen molar-refractivity contribution >= 4 is 17.7 Å². The van der Waals surface area contributed by atoms with Gasteiger partial charge in [-0.2, -0.15) is 0 Å². The van der Waals surface area contributed by atoms with Crippen molar-refractivity contribution in [3.8, 4) is 0 Å². The Kier molecular flexibility index (Phi) is 3.04. The maximum Gasteiger partial charge on any atom is 0.255 e. The third kappa shape index (κ3) is 2.02. The van der Waals surface area contributed by atoms with Crippen LogP contribution >= 0.6 is 0 Å². The van der Waals surface area contributed by atoms with Crippen molar-refractivity contribution < 1.29 is 18.8 Å². The molecule has 1 saturated heterocycles. The lowest BCUT2D eigenvalue weighted by atomic mass is 10.0. The number of aryl methyl sites for hydroxylation is 2. The van der Waals surface area contributed by atoms with E-state index >= 15 is 0 Å². The van der Waals surface area contributed by atoms with Crippen LogP contribution in [0.1, 0.15) is 39.9 Å². The van der Waals surface area contributed by atoms with Gasteiger partial charge in [-0.25, -0.2) is 4.39 Å². The number of fused-ring (bicyclic) bond motifs is 1. The van der Waals surface area contributed by atoms with Gasteiger partial charge >= 0.3 is 0 Å². The summed E-state index contributed by atoms with van der Waals surface area (Å²) in [6.45, 7) is 3.49. The molecule has 0 aliphatic carbocycles. The Bertz CT molecular complexity index is 684. The first kappa shape index (κ1) is 13.7. The molecular weight excluding hydrogens is 275 g/mol. The molecule has 1 aromatic carbocycles. The number of carbonyl (C=O) groups is 3. The van der Waals surface area contributed by atoms with Gasteiger partial charge in [0.05, 0.1) is 12.1 Å². The summed E-state index contributed by atoms with van der Waals surface area (Å²) in [5.41, 5.74) is 1.90. The van der Waals surface area contributed by atoms with E-state index in [-0.39, 0.29) is 31.2 Å². The first-order valence-corrected chi connectivity index (χ1v) is 6.83. The van der Waals surface area contributed by atoms with Crippen molar-refractivity contribution in [3.05, 3.63) is 34.1 Å². The molecule has 1 atom stereocenters. The lowest BCUT2D eigenvalue weighted by Crippen LogP contribution is -2.52. The molecule has 1 aromatic rings. The number of amides is 3. The average Bonchev–Trinajstić information content (AvgIpc) is 2.75. The largest absolute Gasteiger partial charge is 0.322 e. The van der Waals surface area contributed by atoms with Gasteiger partial charge in [-0.05, 0) is 31.4 Å². The number of rotatable bonds is 1. The van der Waals surface area contributed by atoms with Gasteiger partial charge in [-0.1, -0.05) is 6.07 Å². The zero-order valence-electron chi connectivity index (χ0n) is 11.8. The van der Waals surface area contributed by atoms with Crippen LogP contribution in [0.2, 0.25) is 0 Å². The molecule has 6 heteroatoms. The van der Waals surface area contributed by atoms with Crippen molar-refractivity contribution in [3.63, 3.8) is 0 Å². The van der Waals surface area contributed by atoms with Crippen LogP contribution in [0.25, 0.3) is 0 Å². The molecular formula is C15H15FN2O3. The molecule has 0 spiro atoms. The molecule has 21 heavy (non-hydrogen) atoms. The molecule has 1 fully saturated rings. The zero-order valence-corrected chi connectivity index (χ0v) is 11.8. The number of nitrogens with zero attached hydrogens (tertiary/aromatic N) is 1. The molecule has 0 radical (unpaired) electrons. The second-order valence-electron chi connectivity index (χ2n) is 5.58. The van der Waals surface area contributed by atoms with Crippen LogP contribution in [0.3, 0.4) is 0 Å². The monoisotopic (exact) mass is 290 g/mol. The van der Waals surface area contributed by atoms with E-state index in [1.54, 1.807) is 19.9 Å². The maximum atomic E-state index is 14.2. The molecule has 1 unspecified atom stereocenters. The van der Waals surface area contributed by atoms with E-state index in [9.17, 15) is 18.8 Å². The summed E-state index contributed by atoms with van der Waals surface area (Å²) >= 11 is 0. The predicted molar refractivity (Wildman–Crippen MR) is 71.9 cm³/mol. The number of hydrogen-bond donors (Lipinski definition) is 1. The van der Waals surface area contributed by atoms with Gasteiger partial charge in [0, 0.05) is 12.0 Å². The first-order chi connectivity index (χ1) is 9.90. The van der Waals surface area contributed by atoms with E-state index in [0.29, 0.717) is 22.3 Å². The van der Waals surface area contributed by atoms with Crippen molar-refractivity contribution in [1.29, 1.82) is 0 Å². The van der Waals surface area contributed by atoms with E-state index in [2.05, 4.69) is 5.32 Å². The van der Waals surface area contributed by atoms with Crippen LogP contribution in [-0.2, 0) is 16.1 Å². The molecule has 0 aromatic heterocycles. The van der Waals surface area contributed by atoms with Gasteiger partial charge in [0.1, 0.15) is 11.9 Å². The van der Waals surface area contributed by atoms with Crippen molar-refractivity contribution in [1.82, 2.24) is 10.2 Å². The number of halogens is 1. The normalized spacial score (nSPS) is 21.6. The Balaban J connectivity index is 1.97. The van der Waals surface area contributed by atoms with E-state index in [0.717, 1.165) is 0 Å². The lowest BCUT2D eigenvalue weighted by Gasteiger charge is -2.29. The molecule has 2 heterocycles. The first-order valence-electron chi connectivity index (χ1n) is 6.83. The number of hydrogen-bond acceptors (Lipinski definition) is 3. The fourth-order valence-electron chi connectivity index (χ4n) is 3.11. The van der Waals surface area contributed by atoms with E-state index in [4.69, 9.17) is 0 Å². The summed E-state index contributed by atoms with van der Waals surface area (Å²) in [6.07, 6.45) is 0.473. The van der Waals surface area contributed by atoms with Crippen molar-refractivity contribution in [2.24, 2.45) is 0 Å². The average molecular weight is 290 g/mol. The highest BCUT2D eigenvalue weighted by Gasteiger charge is 2.41. The summed E-state index contributed by atoms with van der Waals surface area (Å²) in [5, 5.41) is 2.23. The van der Waals surface area contributed by atoms with Gasteiger partial charge in [0.15, 0.2) is 0 Å². The Hall–Kier alpha value is -2.24. The lowest BCUT2D eigenvalue weighted by molar-refractivity contribution is -0.136. The summed E-state index contributed by atoms with van der Waals surface area (Å²) in [6, 6.07) is 0.932. The van der Waals surface area contributed by atoms with Crippen LogP contribution in [0, 0.1) is 19.7 Å². The molecule has 5 nitrogen and oxygen atoms in total. The maximum absolute atomic E-state index is 14.2. The summed E-state index contributed by atoms with van der Waals surface area (Å²) < 4.78 is 14.2. The summed E-state index contributed by atoms with van der Waals surface area (Å²) in [5.74, 6) is -1.55. The molecule has 3 amide bonds. The smallest absolute Gasteiger partial charge is 0.255 e. The van der Waals surface area contributed by atoms with Crippen LogP contribution in [0.5, 0.6) is 0 Å². The van der Waals surface area contributed by atoms with Crippen LogP contribution < -0.4 is 5.32 Å². The number of piperidine rings is 1. The Labute approximate surface area is 121 Å². The minimum atomic E-state index is -0.707. The van der Waals surface area contributed by atoms with Crippen LogP contribution in [0.4, 0.5) is 4.39 Å². The Morgan fingerprint density at radius 3 is 2.62 bits per heavy atom. The van der Waals surface area contributed by atoms with Gasteiger partial charge < -0.3 is 4.90 Å². The second-order valence-corrected chi connectivity index (χ2v) is 5.58. The number of carbonyl (C=O) groups excluding carboxylic acids is 3. The van der Waals surface area contributed by atoms with Crippen LogP contribution in [0.15, 0.2) is 6.07 Å². The minimum Gasteiger partial charge on any atom is -0.322 e. The van der Waals surface area contributed by atoms with Gasteiger partial charge in [0.2, 0.25) is 11.8 Å². The number of nitrogens with one attached hydrogen (secondary N) is 1. The standard InChI is InChI=1S/C15H15FN2O3/c1-7-5-8(2)13(16)9-6-18(15(21)12(7)9)10-3-4-11(19)17-14(10)20/h5,10H,3-4,6H2,1-2H3,(H,17,19,20). The van der Waals surface area contributed by atoms with E-state index < -0.39 is 17.8 Å². The Morgan fingerprint density at radius 1 is 1.24 bits per heavy atom. The summed E-state index contributed by atoms with van der Waals surface area (Å²) in [4.78, 5) is 37.0. The quantitative estimate of drug-likeness (QED) is 0.790. The minimum absolute atomic E-state index is 0.0782. The third-order valence-corrected chi connectivity index (χ3v) is 4.13. The van der Waals surface area contributed by atoms with Gasteiger partial charge in [-0.15, -0.1) is 0 Å². The molecule has 2 aliphatic heterocycles.